The van der Waals surface area contributed by atoms with Gasteiger partial charge in [0.25, 0.3) is 5.56 Å². The maximum atomic E-state index is 12.9. The lowest BCUT2D eigenvalue weighted by Gasteiger charge is -2.19. The number of aromatic amines is 2. The van der Waals surface area contributed by atoms with Crippen molar-refractivity contribution in [2.75, 3.05) is 25.1 Å². The van der Waals surface area contributed by atoms with Crippen LogP contribution in [-0.2, 0) is 4.74 Å². The Morgan fingerprint density at radius 3 is 2.77 bits per heavy atom. The lowest BCUT2D eigenvalue weighted by Crippen LogP contribution is -2.22. The van der Waals surface area contributed by atoms with Gasteiger partial charge in [-0.25, -0.2) is 4.98 Å². The highest BCUT2D eigenvalue weighted by Gasteiger charge is 2.25. The lowest BCUT2D eigenvalue weighted by atomic mass is 10.0. The fraction of sp³-hybridized carbons (Fsp3) is 0.417. The predicted octanol–water partition coefficient (Wildman–Crippen LogP) is 4.44. The first-order valence-corrected chi connectivity index (χ1v) is 11.0. The summed E-state index contributed by atoms with van der Waals surface area (Å²) in [6, 6.07) is 8.47. The molecular weight excluding hydrogens is 376 g/mol. The first-order valence-electron chi connectivity index (χ1n) is 11.0. The Hall–Kier alpha value is -2.86. The highest BCUT2D eigenvalue weighted by molar-refractivity contribution is 6.23. The van der Waals surface area contributed by atoms with E-state index in [1.807, 2.05) is 6.07 Å². The summed E-state index contributed by atoms with van der Waals surface area (Å²) in [6.45, 7) is 1.85. The number of benzene rings is 2. The molecule has 1 aliphatic heterocycles. The van der Waals surface area contributed by atoms with Crippen LogP contribution in [0.4, 0.5) is 5.69 Å². The number of pyridine rings is 1. The van der Waals surface area contributed by atoms with Crippen LogP contribution in [0.5, 0.6) is 0 Å². The molecule has 30 heavy (non-hydrogen) atoms. The molecule has 0 radical (unpaired) electrons. The first kappa shape index (κ1) is 18.0. The molecule has 1 saturated heterocycles. The van der Waals surface area contributed by atoms with Gasteiger partial charge < -0.3 is 19.6 Å². The number of imidazole rings is 1. The third-order valence-corrected chi connectivity index (χ3v) is 7.07. The Balaban J connectivity index is 1.61. The van der Waals surface area contributed by atoms with E-state index in [2.05, 4.69) is 33.1 Å². The monoisotopic (exact) mass is 402 g/mol. The number of anilines is 1. The molecule has 6 nitrogen and oxygen atoms in total. The van der Waals surface area contributed by atoms with Crippen molar-refractivity contribution < 1.29 is 4.74 Å². The number of H-pyrrole nitrogens is 2. The molecule has 1 saturated carbocycles. The minimum absolute atomic E-state index is 0.0573. The third kappa shape index (κ3) is 2.67. The summed E-state index contributed by atoms with van der Waals surface area (Å²) in [5, 5.41) is 3.71. The molecule has 0 unspecified atom stereocenters. The zero-order valence-electron chi connectivity index (χ0n) is 17.2. The maximum Gasteiger partial charge on any atom is 0.256 e. The summed E-state index contributed by atoms with van der Waals surface area (Å²) in [7, 11) is 1.78. The van der Waals surface area contributed by atoms with E-state index < -0.39 is 0 Å². The van der Waals surface area contributed by atoms with Crippen LogP contribution in [0, 0.1) is 0 Å². The molecule has 0 bridgehead atoms. The van der Waals surface area contributed by atoms with Crippen LogP contribution in [-0.4, -0.2) is 41.3 Å². The number of nitrogens with zero attached hydrogens (tertiary/aromatic N) is 2. The fourth-order valence-corrected chi connectivity index (χ4v) is 5.43. The molecule has 2 fully saturated rings. The van der Waals surface area contributed by atoms with Crippen molar-refractivity contribution in [3.05, 3.63) is 46.6 Å². The molecule has 2 aromatic carbocycles. The van der Waals surface area contributed by atoms with Crippen LogP contribution in [0.25, 0.3) is 32.6 Å². The van der Waals surface area contributed by atoms with Gasteiger partial charge in [-0.05, 0) is 42.8 Å². The van der Waals surface area contributed by atoms with E-state index in [0.29, 0.717) is 5.92 Å². The number of ether oxygens (including phenoxy) is 1. The fourth-order valence-electron chi connectivity index (χ4n) is 5.43. The number of methoxy groups -OCH3 is 1. The summed E-state index contributed by atoms with van der Waals surface area (Å²) in [4.78, 5) is 26.8. The summed E-state index contributed by atoms with van der Waals surface area (Å²) in [6.07, 6.45) is 7.94. The quantitative estimate of drug-likeness (QED) is 0.497. The van der Waals surface area contributed by atoms with Crippen LogP contribution in [0.1, 0.15) is 43.8 Å². The predicted molar refractivity (Wildman–Crippen MR) is 121 cm³/mol. The van der Waals surface area contributed by atoms with E-state index >= 15 is 0 Å². The van der Waals surface area contributed by atoms with Crippen LogP contribution >= 0.6 is 0 Å². The molecule has 0 spiro atoms. The smallest absolute Gasteiger partial charge is 0.256 e. The molecular formula is C24H26N4O2. The zero-order chi connectivity index (χ0) is 20.2. The number of nitrogens with one attached hydrogen (secondary N) is 2. The van der Waals surface area contributed by atoms with Crippen molar-refractivity contribution in [2.45, 2.75) is 44.1 Å². The first-order chi connectivity index (χ1) is 14.7. The van der Waals surface area contributed by atoms with Crippen molar-refractivity contribution in [1.82, 2.24) is 15.0 Å². The van der Waals surface area contributed by atoms with E-state index in [9.17, 15) is 4.79 Å². The summed E-state index contributed by atoms with van der Waals surface area (Å²) in [5.74, 6) is 1.57. The average Bonchev–Trinajstić information content (AvgIpc) is 3.53. The van der Waals surface area contributed by atoms with Gasteiger partial charge in [-0.2, -0.15) is 0 Å². The normalized spacial score (nSPS) is 20.3. The molecule has 2 aliphatic rings. The molecule has 6 heteroatoms. The van der Waals surface area contributed by atoms with Gasteiger partial charge in [0.2, 0.25) is 0 Å². The van der Waals surface area contributed by atoms with E-state index in [4.69, 9.17) is 9.72 Å². The Morgan fingerprint density at radius 1 is 1.10 bits per heavy atom. The largest absolute Gasteiger partial charge is 0.380 e. The summed E-state index contributed by atoms with van der Waals surface area (Å²) >= 11 is 0. The Morgan fingerprint density at radius 2 is 1.97 bits per heavy atom. The molecule has 1 aliphatic carbocycles. The van der Waals surface area contributed by atoms with Crippen molar-refractivity contribution >= 4 is 38.3 Å². The third-order valence-electron chi connectivity index (χ3n) is 7.07. The molecule has 0 amide bonds. The molecule has 4 aromatic rings. The molecule has 6 rings (SSSR count). The second-order valence-electron chi connectivity index (χ2n) is 8.74. The molecule has 154 valence electrons. The number of hydrogen-bond donors (Lipinski definition) is 2. The molecule has 1 atom stereocenters. The second-order valence-corrected chi connectivity index (χ2v) is 8.74. The van der Waals surface area contributed by atoms with Crippen LogP contribution in [0.15, 0.2) is 35.3 Å². The number of rotatable bonds is 3. The SMILES string of the molecule is CO[C@@H]1CCN(c2ccc3c(c2)c2c(=O)[nH]ccc2c2nc(C4CCCC4)[nH]c32)C1. The Labute approximate surface area is 174 Å². The topological polar surface area (TPSA) is 74.0 Å². The van der Waals surface area contributed by atoms with Gasteiger partial charge in [0.15, 0.2) is 0 Å². The molecule has 2 aromatic heterocycles. The van der Waals surface area contributed by atoms with Crippen molar-refractivity contribution in [3.8, 4) is 0 Å². The van der Waals surface area contributed by atoms with E-state index in [0.717, 1.165) is 63.6 Å². The van der Waals surface area contributed by atoms with Gasteiger partial charge in [0.1, 0.15) is 5.82 Å². The standard InChI is InChI=1S/C24H26N4O2/c1-30-16-9-11-28(13-16)15-6-7-17-19(12-15)20-18(8-10-25-24(20)29)22-21(17)26-23(27-22)14-4-2-3-5-14/h6-8,10,12,14,16H,2-5,9,11,13H2,1H3,(H,25,29)(H,26,27)/t16-/m1/s1. The number of hydrogen-bond acceptors (Lipinski definition) is 4. The van der Waals surface area contributed by atoms with Crippen molar-refractivity contribution in [1.29, 1.82) is 0 Å². The van der Waals surface area contributed by atoms with Crippen LogP contribution in [0.2, 0.25) is 0 Å². The number of fused-ring (bicyclic) bond motifs is 6. The maximum absolute atomic E-state index is 12.9. The van der Waals surface area contributed by atoms with Gasteiger partial charge in [-0.3, -0.25) is 4.79 Å². The van der Waals surface area contributed by atoms with E-state index in [1.54, 1.807) is 13.3 Å². The lowest BCUT2D eigenvalue weighted by molar-refractivity contribution is 0.121. The Kier molecular flexibility index (Phi) is 4.09. The van der Waals surface area contributed by atoms with Gasteiger partial charge in [0, 0.05) is 48.8 Å². The minimum Gasteiger partial charge on any atom is -0.380 e. The van der Waals surface area contributed by atoms with Crippen molar-refractivity contribution in [2.24, 2.45) is 0 Å². The highest BCUT2D eigenvalue weighted by Crippen LogP contribution is 2.38. The minimum atomic E-state index is -0.0573. The molecule has 3 heterocycles. The Bertz CT molecular complexity index is 1320. The highest BCUT2D eigenvalue weighted by atomic mass is 16.5. The van der Waals surface area contributed by atoms with Gasteiger partial charge in [0.05, 0.1) is 22.5 Å². The summed E-state index contributed by atoms with van der Waals surface area (Å²) in [5.41, 5.74) is 3.05. The zero-order valence-corrected chi connectivity index (χ0v) is 17.2. The van der Waals surface area contributed by atoms with Gasteiger partial charge in [-0.1, -0.05) is 18.9 Å². The summed E-state index contributed by atoms with van der Waals surface area (Å²) < 4.78 is 5.54. The van der Waals surface area contributed by atoms with Gasteiger partial charge in [-0.15, -0.1) is 0 Å². The second kappa shape index (κ2) is 6.84. The number of aromatic nitrogens is 3. The van der Waals surface area contributed by atoms with E-state index in [1.165, 1.54) is 25.7 Å². The van der Waals surface area contributed by atoms with Gasteiger partial charge >= 0.3 is 0 Å². The van der Waals surface area contributed by atoms with Crippen LogP contribution < -0.4 is 10.5 Å². The molecule has 2 N–H and O–H groups in total. The average molecular weight is 402 g/mol. The van der Waals surface area contributed by atoms with E-state index in [-0.39, 0.29) is 11.7 Å². The van der Waals surface area contributed by atoms with Crippen LogP contribution in [0.3, 0.4) is 0 Å². The van der Waals surface area contributed by atoms with Crippen molar-refractivity contribution in [3.63, 3.8) is 0 Å².